The fraction of sp³-hybridized carbons (Fsp3) is 0.217. The molecule has 1 saturated heterocycles. The van der Waals surface area contributed by atoms with Crippen LogP contribution in [0.2, 0.25) is 0 Å². The Balaban J connectivity index is 1.44. The van der Waals surface area contributed by atoms with Crippen molar-refractivity contribution in [3.05, 3.63) is 77.0 Å². The van der Waals surface area contributed by atoms with Gasteiger partial charge in [-0.1, -0.05) is 48.5 Å². The molecule has 2 aromatic carbocycles. The van der Waals surface area contributed by atoms with Crippen molar-refractivity contribution in [2.75, 3.05) is 31.1 Å². The fourth-order valence-corrected chi connectivity index (χ4v) is 4.50. The van der Waals surface area contributed by atoms with Gasteiger partial charge in [-0.25, -0.2) is 9.97 Å². The molecule has 1 aliphatic heterocycles. The number of para-hydroxylation sites is 1. The van der Waals surface area contributed by atoms with E-state index in [0.29, 0.717) is 0 Å². The summed E-state index contributed by atoms with van der Waals surface area (Å²) < 4.78 is 0. The number of hydrogen-bond acceptors (Lipinski definition) is 5. The second-order valence-corrected chi connectivity index (χ2v) is 8.13. The van der Waals surface area contributed by atoms with Gasteiger partial charge in [0.05, 0.1) is 5.52 Å². The van der Waals surface area contributed by atoms with Gasteiger partial charge < -0.3 is 4.90 Å². The molecule has 2 aromatic heterocycles. The van der Waals surface area contributed by atoms with E-state index in [4.69, 9.17) is 9.97 Å². The van der Waals surface area contributed by atoms with Crippen LogP contribution in [0.4, 0.5) is 5.82 Å². The third kappa shape index (κ3) is 3.51. The maximum atomic E-state index is 4.99. The molecular formula is C23H22N4S. The van der Waals surface area contributed by atoms with Crippen LogP contribution in [-0.4, -0.2) is 41.0 Å². The van der Waals surface area contributed by atoms with Crippen LogP contribution in [-0.2, 0) is 6.54 Å². The van der Waals surface area contributed by atoms with Crippen LogP contribution in [0.15, 0.2) is 72.1 Å². The summed E-state index contributed by atoms with van der Waals surface area (Å²) in [4.78, 5) is 16.2. The number of thiophene rings is 1. The van der Waals surface area contributed by atoms with Crippen molar-refractivity contribution in [3.63, 3.8) is 0 Å². The number of hydrogen-bond donors (Lipinski definition) is 0. The van der Waals surface area contributed by atoms with E-state index in [-0.39, 0.29) is 0 Å². The first-order valence-electron chi connectivity index (χ1n) is 9.69. The van der Waals surface area contributed by atoms with Crippen molar-refractivity contribution in [3.8, 4) is 11.4 Å². The average Bonchev–Trinajstić information content (AvgIpc) is 3.27. The molecule has 140 valence electrons. The predicted octanol–water partition coefficient (Wildman–Crippen LogP) is 4.68. The first-order chi connectivity index (χ1) is 13.9. The lowest BCUT2D eigenvalue weighted by molar-refractivity contribution is 0.251. The minimum absolute atomic E-state index is 0.801. The van der Waals surface area contributed by atoms with E-state index in [9.17, 15) is 0 Å². The van der Waals surface area contributed by atoms with Gasteiger partial charge in [-0.3, -0.25) is 4.90 Å². The Kier molecular flexibility index (Phi) is 4.77. The van der Waals surface area contributed by atoms with E-state index in [1.54, 1.807) is 0 Å². The first-order valence-corrected chi connectivity index (χ1v) is 10.6. The molecule has 0 amide bonds. The summed E-state index contributed by atoms with van der Waals surface area (Å²) in [5.74, 6) is 1.86. The molecule has 5 heteroatoms. The molecule has 0 radical (unpaired) electrons. The van der Waals surface area contributed by atoms with E-state index in [1.165, 1.54) is 4.88 Å². The van der Waals surface area contributed by atoms with Gasteiger partial charge in [-0.15, -0.1) is 11.3 Å². The zero-order valence-corrected chi connectivity index (χ0v) is 16.5. The number of anilines is 1. The highest BCUT2D eigenvalue weighted by Gasteiger charge is 2.21. The van der Waals surface area contributed by atoms with Crippen LogP contribution in [0, 0.1) is 0 Å². The standard InChI is InChI=1S/C23H22N4S/c1-2-7-18(8-3-1)22-24-21-11-5-4-10-20(21)23(25-22)27-14-12-26(13-15-27)17-19-9-6-16-28-19/h1-11,16H,12-15,17H2. The van der Waals surface area contributed by atoms with Crippen molar-refractivity contribution in [2.45, 2.75) is 6.54 Å². The monoisotopic (exact) mass is 386 g/mol. The van der Waals surface area contributed by atoms with Crippen LogP contribution in [0.25, 0.3) is 22.3 Å². The second-order valence-electron chi connectivity index (χ2n) is 7.10. The molecular weight excluding hydrogens is 364 g/mol. The van der Waals surface area contributed by atoms with Crippen LogP contribution < -0.4 is 4.90 Å². The molecule has 4 nitrogen and oxygen atoms in total. The molecule has 0 N–H and O–H groups in total. The Hall–Kier alpha value is -2.76. The fourth-order valence-electron chi connectivity index (χ4n) is 3.76. The number of piperazine rings is 1. The van der Waals surface area contributed by atoms with Crippen molar-refractivity contribution in [1.29, 1.82) is 0 Å². The third-order valence-electron chi connectivity index (χ3n) is 5.25. The molecule has 28 heavy (non-hydrogen) atoms. The van der Waals surface area contributed by atoms with Gasteiger partial charge in [0.1, 0.15) is 5.82 Å². The molecule has 5 rings (SSSR count). The van der Waals surface area contributed by atoms with Gasteiger partial charge in [0.2, 0.25) is 0 Å². The molecule has 3 heterocycles. The van der Waals surface area contributed by atoms with Gasteiger partial charge in [-0.2, -0.15) is 0 Å². The van der Waals surface area contributed by atoms with E-state index < -0.39 is 0 Å². The summed E-state index contributed by atoms with van der Waals surface area (Å²) in [6.45, 7) is 5.13. The summed E-state index contributed by atoms with van der Waals surface area (Å²) in [6, 6.07) is 23.0. The van der Waals surface area contributed by atoms with Gasteiger partial charge >= 0.3 is 0 Å². The molecule has 1 aliphatic rings. The van der Waals surface area contributed by atoms with Crippen molar-refractivity contribution >= 4 is 28.1 Å². The molecule has 0 saturated carbocycles. The third-order valence-corrected chi connectivity index (χ3v) is 6.11. The highest BCUT2D eigenvalue weighted by molar-refractivity contribution is 7.09. The number of nitrogens with zero attached hydrogens (tertiary/aromatic N) is 4. The van der Waals surface area contributed by atoms with Gasteiger partial charge in [0, 0.05) is 48.6 Å². The van der Waals surface area contributed by atoms with Crippen molar-refractivity contribution < 1.29 is 0 Å². The Morgan fingerprint density at radius 2 is 1.57 bits per heavy atom. The van der Waals surface area contributed by atoms with Crippen LogP contribution >= 0.6 is 11.3 Å². The lowest BCUT2D eigenvalue weighted by Gasteiger charge is -2.35. The summed E-state index contributed by atoms with van der Waals surface area (Å²) in [6.07, 6.45) is 0. The Labute approximate surface area is 169 Å². The minimum atomic E-state index is 0.801. The Morgan fingerprint density at radius 3 is 2.36 bits per heavy atom. The van der Waals surface area contributed by atoms with Gasteiger partial charge in [0.15, 0.2) is 5.82 Å². The summed E-state index contributed by atoms with van der Waals surface area (Å²) in [7, 11) is 0. The first kappa shape index (κ1) is 17.3. The van der Waals surface area contributed by atoms with Crippen LogP contribution in [0.3, 0.4) is 0 Å². The highest BCUT2D eigenvalue weighted by Crippen LogP contribution is 2.28. The number of benzene rings is 2. The molecule has 0 atom stereocenters. The molecule has 0 spiro atoms. The number of aromatic nitrogens is 2. The number of fused-ring (bicyclic) bond motifs is 1. The molecule has 4 aromatic rings. The predicted molar refractivity (Wildman–Crippen MR) is 117 cm³/mol. The number of rotatable bonds is 4. The van der Waals surface area contributed by atoms with Gasteiger partial charge in [0.25, 0.3) is 0 Å². The molecule has 0 unspecified atom stereocenters. The lowest BCUT2D eigenvalue weighted by Crippen LogP contribution is -2.46. The lowest BCUT2D eigenvalue weighted by atomic mass is 10.1. The zero-order chi connectivity index (χ0) is 18.8. The van der Waals surface area contributed by atoms with E-state index in [0.717, 1.165) is 60.8 Å². The van der Waals surface area contributed by atoms with E-state index in [1.807, 2.05) is 35.6 Å². The summed E-state index contributed by atoms with van der Waals surface area (Å²) in [5.41, 5.74) is 2.07. The highest BCUT2D eigenvalue weighted by atomic mass is 32.1. The molecule has 0 bridgehead atoms. The summed E-state index contributed by atoms with van der Waals surface area (Å²) >= 11 is 1.84. The van der Waals surface area contributed by atoms with Crippen molar-refractivity contribution in [2.24, 2.45) is 0 Å². The normalized spacial score (nSPS) is 15.2. The van der Waals surface area contributed by atoms with E-state index >= 15 is 0 Å². The summed E-state index contributed by atoms with van der Waals surface area (Å²) in [5, 5.41) is 3.29. The van der Waals surface area contributed by atoms with E-state index in [2.05, 4.69) is 57.6 Å². The maximum Gasteiger partial charge on any atom is 0.162 e. The Morgan fingerprint density at radius 1 is 0.786 bits per heavy atom. The Bertz CT molecular complexity index is 1050. The minimum Gasteiger partial charge on any atom is -0.353 e. The zero-order valence-electron chi connectivity index (χ0n) is 15.7. The van der Waals surface area contributed by atoms with Crippen LogP contribution in [0.5, 0.6) is 0 Å². The second kappa shape index (κ2) is 7.70. The van der Waals surface area contributed by atoms with Crippen molar-refractivity contribution in [1.82, 2.24) is 14.9 Å². The smallest absolute Gasteiger partial charge is 0.162 e. The largest absolute Gasteiger partial charge is 0.353 e. The maximum absolute atomic E-state index is 4.99. The quantitative estimate of drug-likeness (QED) is 0.510. The topological polar surface area (TPSA) is 32.3 Å². The van der Waals surface area contributed by atoms with Gasteiger partial charge in [-0.05, 0) is 23.6 Å². The molecule has 0 aliphatic carbocycles. The molecule has 1 fully saturated rings. The van der Waals surface area contributed by atoms with Crippen LogP contribution in [0.1, 0.15) is 4.88 Å². The average molecular weight is 387 g/mol. The SMILES string of the molecule is c1ccc(-c2nc(N3CCN(Cc4cccs4)CC3)c3ccccc3n2)cc1.